The van der Waals surface area contributed by atoms with E-state index in [1.165, 1.54) is 0 Å². The molecular formula is C23H22ClF2NO2. The summed E-state index contributed by atoms with van der Waals surface area (Å²) in [4.78, 5) is 16.5. The zero-order chi connectivity index (χ0) is 20.8. The van der Waals surface area contributed by atoms with Crippen molar-refractivity contribution in [1.29, 1.82) is 0 Å². The predicted molar refractivity (Wildman–Crippen MR) is 108 cm³/mol. The maximum atomic E-state index is 14.5. The first-order valence-electron chi connectivity index (χ1n) is 9.75. The highest BCUT2D eigenvalue weighted by molar-refractivity contribution is 6.33. The number of ether oxygens (including phenoxy) is 1. The van der Waals surface area contributed by atoms with Gasteiger partial charge in [-0.05, 0) is 31.1 Å². The van der Waals surface area contributed by atoms with Gasteiger partial charge in [0.15, 0.2) is 0 Å². The van der Waals surface area contributed by atoms with Crippen LogP contribution in [0.15, 0.2) is 48.7 Å². The molecule has 2 fully saturated rings. The maximum absolute atomic E-state index is 14.5. The maximum Gasteiger partial charge on any atom is 0.309 e. The van der Waals surface area contributed by atoms with Crippen LogP contribution >= 0.6 is 11.6 Å². The Labute approximate surface area is 173 Å². The Morgan fingerprint density at radius 3 is 2.66 bits per heavy atom. The number of rotatable bonds is 3. The van der Waals surface area contributed by atoms with Crippen LogP contribution in [0.2, 0.25) is 5.02 Å². The number of hydrogen-bond donors (Lipinski definition) is 0. The number of halogens is 3. The molecule has 1 aliphatic carbocycles. The van der Waals surface area contributed by atoms with Crippen molar-refractivity contribution in [3.63, 3.8) is 0 Å². The molecule has 152 valence electrons. The molecule has 5 atom stereocenters. The Morgan fingerprint density at radius 1 is 1.21 bits per heavy atom. The van der Waals surface area contributed by atoms with Gasteiger partial charge in [-0.3, -0.25) is 9.78 Å². The molecule has 2 unspecified atom stereocenters. The minimum atomic E-state index is -2.90. The van der Waals surface area contributed by atoms with Gasteiger partial charge in [-0.2, -0.15) is 0 Å². The molecule has 2 heterocycles. The molecule has 0 radical (unpaired) electrons. The lowest BCUT2D eigenvalue weighted by molar-refractivity contribution is -0.152. The summed E-state index contributed by atoms with van der Waals surface area (Å²) in [7, 11) is 0. The Bertz CT molecular complexity index is 944. The van der Waals surface area contributed by atoms with Gasteiger partial charge in [0, 0.05) is 40.6 Å². The molecule has 1 saturated heterocycles. The highest BCUT2D eigenvalue weighted by Crippen LogP contribution is 2.52. The van der Waals surface area contributed by atoms with Crippen molar-refractivity contribution < 1.29 is 18.3 Å². The van der Waals surface area contributed by atoms with Gasteiger partial charge < -0.3 is 4.74 Å². The van der Waals surface area contributed by atoms with Crippen molar-refractivity contribution in [2.75, 3.05) is 0 Å². The van der Waals surface area contributed by atoms with Gasteiger partial charge in [0.25, 0.3) is 5.92 Å². The summed E-state index contributed by atoms with van der Waals surface area (Å²) in [5.74, 6) is -5.73. The van der Waals surface area contributed by atoms with Crippen LogP contribution in [0.4, 0.5) is 8.78 Å². The van der Waals surface area contributed by atoms with E-state index in [1.807, 2.05) is 36.4 Å². The van der Waals surface area contributed by atoms with Gasteiger partial charge in [0.2, 0.25) is 0 Å². The summed E-state index contributed by atoms with van der Waals surface area (Å²) < 4.78 is 34.3. The number of hydrogen-bond acceptors (Lipinski definition) is 3. The van der Waals surface area contributed by atoms with Gasteiger partial charge >= 0.3 is 5.97 Å². The first kappa shape index (κ1) is 20.0. The van der Waals surface area contributed by atoms with E-state index in [0.717, 1.165) is 11.1 Å². The number of alkyl halides is 2. The number of fused-ring (bicyclic) bond motifs is 1. The fraction of sp³-hybridized carbons (Fsp3) is 0.391. The summed E-state index contributed by atoms with van der Waals surface area (Å²) >= 11 is 6.23. The Morgan fingerprint density at radius 2 is 1.97 bits per heavy atom. The number of benzene rings is 1. The zero-order valence-electron chi connectivity index (χ0n) is 16.2. The van der Waals surface area contributed by atoms with Crippen LogP contribution in [-0.2, 0) is 9.53 Å². The van der Waals surface area contributed by atoms with Crippen LogP contribution < -0.4 is 0 Å². The minimum absolute atomic E-state index is 0.240. The minimum Gasteiger partial charge on any atom is -0.462 e. The van der Waals surface area contributed by atoms with E-state index in [-0.39, 0.29) is 12.0 Å². The molecule has 2 aliphatic rings. The molecule has 0 bridgehead atoms. The fourth-order valence-electron chi connectivity index (χ4n) is 4.59. The van der Waals surface area contributed by atoms with Gasteiger partial charge in [0.1, 0.15) is 6.10 Å². The van der Waals surface area contributed by atoms with Crippen molar-refractivity contribution >= 4 is 23.6 Å². The van der Waals surface area contributed by atoms with E-state index in [1.54, 1.807) is 32.2 Å². The van der Waals surface area contributed by atoms with Crippen LogP contribution in [0.5, 0.6) is 0 Å². The largest absolute Gasteiger partial charge is 0.462 e. The lowest BCUT2D eigenvalue weighted by Crippen LogP contribution is -2.46. The molecule has 4 rings (SSSR count). The summed E-state index contributed by atoms with van der Waals surface area (Å²) in [5.41, 5.74) is 2.43. The number of carbonyl (C=O) groups is 1. The number of aromatic nitrogens is 1. The zero-order valence-corrected chi connectivity index (χ0v) is 16.9. The third kappa shape index (κ3) is 3.68. The molecule has 0 spiro atoms. The second-order valence-electron chi connectivity index (χ2n) is 7.97. The number of cyclic esters (lactones) is 1. The average molecular weight is 418 g/mol. The second-order valence-corrected chi connectivity index (χ2v) is 8.37. The molecule has 1 aliphatic heterocycles. The lowest BCUT2D eigenvalue weighted by Gasteiger charge is -2.41. The first-order valence-corrected chi connectivity index (χ1v) is 10.1. The summed E-state index contributed by atoms with van der Waals surface area (Å²) in [6, 6.07) is 11.2. The number of allylic oxidation sites excluding steroid dienone is 1. The van der Waals surface area contributed by atoms with Gasteiger partial charge in [-0.15, -0.1) is 0 Å². The molecule has 3 nitrogen and oxygen atoms in total. The van der Waals surface area contributed by atoms with E-state index in [9.17, 15) is 13.6 Å². The van der Waals surface area contributed by atoms with E-state index >= 15 is 0 Å². The molecule has 0 amide bonds. The van der Waals surface area contributed by atoms with Crippen LogP contribution in [0.3, 0.4) is 0 Å². The van der Waals surface area contributed by atoms with E-state index < -0.39 is 36.1 Å². The average Bonchev–Trinajstić information content (AvgIpc) is 2.96. The third-order valence-corrected chi connectivity index (χ3v) is 6.58. The third-order valence-electron chi connectivity index (χ3n) is 6.25. The standard InChI is InChI=1S/C23H22ClF2NO2/c1-13-17(21-14(2)29-22(28)19(21)11-23(13,25)26)10-9-16-8-7-15(12-27-16)18-5-3-4-6-20(18)24/h3-10,12-14,17,19,21H,11H2,1-2H3/b10-9+/t13-,14+,17-,19?,21?/m0/s1. The Hall–Kier alpha value is -2.27. The SMILES string of the molecule is C[C@H]1OC(=O)C2CC(F)(F)[C@@H](C)[C@H](/C=C/c3ccc(-c4ccccc4Cl)cn3)C21. The van der Waals surface area contributed by atoms with Crippen molar-refractivity contribution in [3.8, 4) is 11.1 Å². The van der Waals surface area contributed by atoms with Crippen LogP contribution in [0.25, 0.3) is 17.2 Å². The molecule has 1 aromatic heterocycles. The van der Waals surface area contributed by atoms with Crippen molar-refractivity contribution in [3.05, 3.63) is 59.4 Å². The predicted octanol–water partition coefficient (Wildman–Crippen LogP) is 5.88. The second kappa shape index (κ2) is 7.52. The number of nitrogens with zero attached hydrogens (tertiary/aromatic N) is 1. The van der Waals surface area contributed by atoms with E-state index in [4.69, 9.17) is 16.3 Å². The van der Waals surface area contributed by atoms with Gasteiger partial charge in [-0.1, -0.05) is 48.9 Å². The molecule has 0 N–H and O–H groups in total. The number of pyridine rings is 1. The molecule has 1 saturated carbocycles. The highest BCUT2D eigenvalue weighted by Gasteiger charge is 2.59. The summed E-state index contributed by atoms with van der Waals surface area (Å²) in [6.45, 7) is 3.34. The molecule has 29 heavy (non-hydrogen) atoms. The number of carbonyl (C=O) groups excluding carboxylic acids is 1. The molecule has 1 aromatic carbocycles. The summed E-state index contributed by atoms with van der Waals surface area (Å²) in [6.07, 6.45) is 4.44. The van der Waals surface area contributed by atoms with Crippen molar-refractivity contribution in [1.82, 2.24) is 4.98 Å². The van der Waals surface area contributed by atoms with E-state index in [2.05, 4.69) is 4.98 Å². The van der Waals surface area contributed by atoms with Crippen LogP contribution in [0.1, 0.15) is 26.0 Å². The van der Waals surface area contributed by atoms with Gasteiger partial charge in [0.05, 0.1) is 11.6 Å². The van der Waals surface area contributed by atoms with Crippen molar-refractivity contribution in [2.24, 2.45) is 23.7 Å². The van der Waals surface area contributed by atoms with Crippen LogP contribution in [0, 0.1) is 23.7 Å². The van der Waals surface area contributed by atoms with E-state index in [0.29, 0.717) is 10.7 Å². The Kier molecular flexibility index (Phi) is 5.19. The smallest absolute Gasteiger partial charge is 0.309 e. The summed E-state index contributed by atoms with van der Waals surface area (Å²) in [5, 5.41) is 0.641. The van der Waals surface area contributed by atoms with Gasteiger partial charge in [-0.25, -0.2) is 8.78 Å². The highest BCUT2D eigenvalue weighted by atomic mass is 35.5. The van der Waals surface area contributed by atoms with Crippen molar-refractivity contribution in [2.45, 2.75) is 32.3 Å². The Balaban J connectivity index is 1.58. The topological polar surface area (TPSA) is 39.2 Å². The lowest BCUT2D eigenvalue weighted by atomic mass is 9.64. The normalized spacial score (nSPS) is 30.9. The molecule has 2 aromatic rings. The quantitative estimate of drug-likeness (QED) is 0.585. The monoisotopic (exact) mass is 417 g/mol. The molecule has 6 heteroatoms. The fourth-order valence-corrected chi connectivity index (χ4v) is 4.84. The van der Waals surface area contributed by atoms with Crippen LogP contribution in [-0.4, -0.2) is 23.0 Å². The molecular weight excluding hydrogens is 396 g/mol. The number of esters is 1. The first-order chi connectivity index (χ1) is 13.8.